The van der Waals surface area contributed by atoms with E-state index in [-0.39, 0.29) is 17.3 Å². The molecule has 0 atom stereocenters. The van der Waals surface area contributed by atoms with E-state index in [1.165, 1.54) is 12.1 Å². The van der Waals surface area contributed by atoms with Gasteiger partial charge in [0.25, 0.3) is 0 Å². The van der Waals surface area contributed by atoms with Crippen LogP contribution in [-0.4, -0.2) is 40.6 Å². The lowest BCUT2D eigenvalue weighted by molar-refractivity contribution is 0.293. The van der Waals surface area contributed by atoms with Crippen molar-refractivity contribution >= 4 is 28.1 Å². The molecule has 4 N–H and O–H groups in total. The predicted molar refractivity (Wildman–Crippen MR) is 75.0 cm³/mol. The third-order valence-corrected chi connectivity index (χ3v) is 3.47. The zero-order valence-corrected chi connectivity index (χ0v) is 12.0. The Kier molecular flexibility index (Phi) is 7.19. The van der Waals surface area contributed by atoms with Gasteiger partial charge in [-0.2, -0.15) is 0 Å². The minimum absolute atomic E-state index is 0. The molecule has 0 aliphatic rings. The molecule has 1 rings (SSSR count). The first kappa shape index (κ1) is 17.1. The maximum atomic E-state index is 11.8. The van der Waals surface area contributed by atoms with E-state index in [4.69, 9.17) is 5.73 Å². The average Bonchev–Trinajstić information content (AvgIpc) is 2.24. The monoisotopic (exact) mass is 294 g/mol. The molecule has 0 spiro atoms. The number of sulfonamides is 1. The van der Waals surface area contributed by atoms with E-state index in [0.717, 1.165) is 0 Å². The Bertz CT molecular complexity index is 465. The van der Waals surface area contributed by atoms with Crippen molar-refractivity contribution in [1.82, 2.24) is 15.2 Å². The third-order valence-electron chi connectivity index (χ3n) is 2.01. The zero-order valence-electron chi connectivity index (χ0n) is 10.4. The summed E-state index contributed by atoms with van der Waals surface area (Å²) in [5, 5.41) is 1.76. The van der Waals surface area contributed by atoms with Gasteiger partial charge in [0, 0.05) is 32.9 Å². The molecule has 0 aromatic heterocycles. The molecule has 0 saturated carbocycles. The van der Waals surface area contributed by atoms with E-state index in [1.54, 1.807) is 17.1 Å². The van der Waals surface area contributed by atoms with Crippen LogP contribution in [0.4, 0.5) is 5.69 Å². The van der Waals surface area contributed by atoms with Gasteiger partial charge < -0.3 is 5.73 Å². The van der Waals surface area contributed by atoms with Gasteiger partial charge in [0.05, 0.1) is 4.90 Å². The van der Waals surface area contributed by atoms with Crippen LogP contribution in [0.25, 0.3) is 0 Å². The van der Waals surface area contributed by atoms with Gasteiger partial charge in [-0.15, -0.1) is 12.4 Å². The van der Waals surface area contributed by atoms with Gasteiger partial charge in [0.2, 0.25) is 10.0 Å². The van der Waals surface area contributed by atoms with Crippen LogP contribution in [0.15, 0.2) is 29.2 Å². The molecule has 104 valence electrons. The van der Waals surface area contributed by atoms with E-state index >= 15 is 0 Å². The minimum Gasteiger partial charge on any atom is -0.399 e. The van der Waals surface area contributed by atoms with Crippen molar-refractivity contribution < 1.29 is 8.42 Å². The highest BCUT2D eigenvalue weighted by Crippen LogP contribution is 2.11. The average molecular weight is 295 g/mol. The summed E-state index contributed by atoms with van der Waals surface area (Å²) in [4.78, 5) is 0.183. The van der Waals surface area contributed by atoms with Crippen LogP contribution in [0.3, 0.4) is 0 Å². The maximum absolute atomic E-state index is 11.8. The van der Waals surface area contributed by atoms with Gasteiger partial charge in [0.15, 0.2) is 0 Å². The van der Waals surface area contributed by atoms with Crippen LogP contribution >= 0.6 is 12.4 Å². The lowest BCUT2D eigenvalue weighted by atomic mass is 10.3. The Balaban J connectivity index is 0.00000289. The van der Waals surface area contributed by atoms with E-state index in [9.17, 15) is 8.42 Å². The summed E-state index contributed by atoms with van der Waals surface area (Å²) in [6.45, 7) is 0.837. The summed E-state index contributed by atoms with van der Waals surface area (Å²) in [7, 11) is 0.210. The molecule has 6 nitrogen and oxygen atoms in total. The first-order chi connectivity index (χ1) is 7.92. The molecule has 8 heteroatoms. The van der Waals surface area contributed by atoms with Crippen LogP contribution in [0.5, 0.6) is 0 Å². The van der Waals surface area contributed by atoms with Crippen LogP contribution in [-0.2, 0) is 10.0 Å². The fraction of sp³-hybridized carbons (Fsp3) is 0.400. The number of benzene rings is 1. The van der Waals surface area contributed by atoms with Crippen molar-refractivity contribution in [2.24, 2.45) is 0 Å². The van der Waals surface area contributed by atoms with Crippen LogP contribution in [0.2, 0.25) is 0 Å². The normalized spacial score (nSPS) is 11.3. The van der Waals surface area contributed by atoms with Crippen LogP contribution in [0.1, 0.15) is 0 Å². The number of nitrogens with two attached hydrogens (primary N) is 1. The topological polar surface area (TPSA) is 87.5 Å². The molecule has 0 unspecified atom stereocenters. The number of nitrogens with one attached hydrogen (secondary N) is 2. The van der Waals surface area contributed by atoms with Crippen molar-refractivity contribution in [3.63, 3.8) is 0 Å². The van der Waals surface area contributed by atoms with Crippen molar-refractivity contribution in [3.05, 3.63) is 24.3 Å². The fourth-order valence-corrected chi connectivity index (χ4v) is 2.32. The van der Waals surface area contributed by atoms with Gasteiger partial charge in [-0.25, -0.2) is 13.1 Å². The lowest BCUT2D eigenvalue weighted by Gasteiger charge is -2.12. The van der Waals surface area contributed by atoms with Crippen LogP contribution < -0.4 is 15.9 Å². The van der Waals surface area contributed by atoms with Gasteiger partial charge in [-0.3, -0.25) is 10.4 Å². The fourth-order valence-electron chi connectivity index (χ4n) is 1.23. The van der Waals surface area contributed by atoms with Gasteiger partial charge in [0.1, 0.15) is 0 Å². The minimum atomic E-state index is -3.47. The molecular formula is C10H19ClN4O2S. The SMILES string of the molecule is CN(C)NCCNS(=O)(=O)c1cccc(N)c1.Cl. The second-order valence-electron chi connectivity index (χ2n) is 3.77. The highest BCUT2D eigenvalue weighted by molar-refractivity contribution is 7.89. The number of nitrogen functional groups attached to an aromatic ring is 1. The van der Waals surface area contributed by atoms with Crippen LogP contribution in [0, 0.1) is 0 Å². The van der Waals surface area contributed by atoms with E-state index in [1.807, 2.05) is 14.1 Å². The molecular weight excluding hydrogens is 276 g/mol. The number of anilines is 1. The number of hydrogen-bond acceptors (Lipinski definition) is 5. The molecule has 1 aromatic rings. The Morgan fingerprint density at radius 2 is 1.94 bits per heavy atom. The Morgan fingerprint density at radius 1 is 1.28 bits per heavy atom. The second-order valence-corrected chi connectivity index (χ2v) is 5.54. The smallest absolute Gasteiger partial charge is 0.240 e. The van der Waals surface area contributed by atoms with E-state index in [0.29, 0.717) is 18.8 Å². The molecule has 0 aliphatic heterocycles. The van der Waals surface area contributed by atoms with Gasteiger partial charge >= 0.3 is 0 Å². The number of hydrogen-bond donors (Lipinski definition) is 3. The summed E-state index contributed by atoms with van der Waals surface area (Å²) in [6.07, 6.45) is 0. The number of hydrazine groups is 1. The summed E-state index contributed by atoms with van der Waals surface area (Å²) in [5.41, 5.74) is 8.93. The third kappa shape index (κ3) is 5.65. The standard InChI is InChI=1S/C10H18N4O2S.ClH/c1-14(2)12-6-7-13-17(15,16)10-5-3-4-9(11)8-10;/h3-5,8,12-13H,6-7,11H2,1-2H3;1H. The molecule has 0 heterocycles. The molecule has 0 bridgehead atoms. The van der Waals surface area contributed by atoms with E-state index < -0.39 is 10.0 Å². The maximum Gasteiger partial charge on any atom is 0.240 e. The molecule has 0 amide bonds. The summed E-state index contributed by atoms with van der Waals surface area (Å²) in [5.74, 6) is 0. The Morgan fingerprint density at radius 3 is 2.50 bits per heavy atom. The zero-order chi connectivity index (χ0) is 12.9. The largest absolute Gasteiger partial charge is 0.399 e. The number of halogens is 1. The number of rotatable bonds is 6. The van der Waals surface area contributed by atoms with Crippen molar-refractivity contribution in [1.29, 1.82) is 0 Å². The first-order valence-electron chi connectivity index (χ1n) is 5.18. The molecule has 0 saturated heterocycles. The van der Waals surface area contributed by atoms with Crippen molar-refractivity contribution in [2.45, 2.75) is 4.90 Å². The summed E-state index contributed by atoms with van der Waals surface area (Å²) in [6, 6.07) is 6.20. The van der Waals surface area contributed by atoms with Gasteiger partial charge in [-0.05, 0) is 18.2 Å². The Hall–Kier alpha value is -0.860. The van der Waals surface area contributed by atoms with Crippen molar-refractivity contribution in [2.75, 3.05) is 32.9 Å². The summed E-state index contributed by atoms with van der Waals surface area (Å²) < 4.78 is 26.1. The number of nitrogens with zero attached hydrogens (tertiary/aromatic N) is 1. The lowest BCUT2D eigenvalue weighted by Crippen LogP contribution is -2.38. The Labute approximate surface area is 114 Å². The van der Waals surface area contributed by atoms with E-state index in [2.05, 4.69) is 10.1 Å². The molecule has 18 heavy (non-hydrogen) atoms. The second kappa shape index (κ2) is 7.55. The molecule has 0 fully saturated rings. The molecule has 0 radical (unpaired) electrons. The highest BCUT2D eigenvalue weighted by atomic mass is 35.5. The molecule has 0 aliphatic carbocycles. The molecule has 1 aromatic carbocycles. The van der Waals surface area contributed by atoms with Gasteiger partial charge in [-0.1, -0.05) is 6.07 Å². The predicted octanol–water partition coefficient (Wildman–Crippen LogP) is 0.0351. The first-order valence-corrected chi connectivity index (χ1v) is 6.66. The highest BCUT2D eigenvalue weighted by Gasteiger charge is 2.12. The summed E-state index contributed by atoms with van der Waals surface area (Å²) >= 11 is 0. The van der Waals surface area contributed by atoms with Crippen molar-refractivity contribution in [3.8, 4) is 0 Å². The quantitative estimate of drug-likeness (QED) is 0.392.